The standard InChI is InChI=1S/C13H15BrClNO3/c14-9-3-4-12(11(15)6-9)19-8-13(17)16-7-10-2-1-5-18-10/h3-4,6,10H,1-2,5,7-8H2,(H,16,17)/t10-/m1/s1. The van der Waals surface area contributed by atoms with E-state index < -0.39 is 0 Å². The van der Waals surface area contributed by atoms with Crippen molar-refractivity contribution in [2.45, 2.75) is 18.9 Å². The molecule has 1 atom stereocenters. The molecule has 104 valence electrons. The number of rotatable bonds is 5. The van der Waals surface area contributed by atoms with Gasteiger partial charge in [-0.15, -0.1) is 0 Å². The van der Waals surface area contributed by atoms with Gasteiger partial charge in [0.15, 0.2) is 6.61 Å². The molecule has 19 heavy (non-hydrogen) atoms. The summed E-state index contributed by atoms with van der Waals surface area (Å²) >= 11 is 9.29. The van der Waals surface area contributed by atoms with E-state index >= 15 is 0 Å². The number of hydrogen-bond donors (Lipinski definition) is 1. The highest BCUT2D eigenvalue weighted by Crippen LogP contribution is 2.27. The lowest BCUT2D eigenvalue weighted by Crippen LogP contribution is -2.35. The smallest absolute Gasteiger partial charge is 0.258 e. The second kappa shape index (κ2) is 7.12. The Morgan fingerprint density at radius 3 is 3.11 bits per heavy atom. The Labute approximate surface area is 125 Å². The summed E-state index contributed by atoms with van der Waals surface area (Å²) in [6, 6.07) is 5.26. The maximum absolute atomic E-state index is 11.6. The van der Waals surface area contributed by atoms with Crippen molar-refractivity contribution in [1.29, 1.82) is 0 Å². The Hall–Kier alpha value is -0.780. The lowest BCUT2D eigenvalue weighted by atomic mass is 10.2. The van der Waals surface area contributed by atoms with E-state index in [1.165, 1.54) is 0 Å². The van der Waals surface area contributed by atoms with Gasteiger partial charge in [-0.3, -0.25) is 4.79 Å². The number of amides is 1. The summed E-state index contributed by atoms with van der Waals surface area (Å²) in [5.74, 6) is 0.326. The fourth-order valence-electron chi connectivity index (χ4n) is 1.82. The minimum absolute atomic E-state index is 0.0475. The van der Waals surface area contributed by atoms with E-state index in [4.69, 9.17) is 21.1 Å². The molecule has 0 aromatic heterocycles. The molecule has 0 spiro atoms. The maximum atomic E-state index is 11.6. The molecule has 1 amide bonds. The second-order valence-electron chi connectivity index (χ2n) is 4.30. The molecule has 1 aliphatic heterocycles. The van der Waals surface area contributed by atoms with Crippen LogP contribution in [0.15, 0.2) is 22.7 Å². The molecule has 2 rings (SSSR count). The molecule has 1 saturated heterocycles. The fourth-order valence-corrected chi connectivity index (χ4v) is 2.55. The van der Waals surface area contributed by atoms with Crippen LogP contribution >= 0.6 is 27.5 Å². The molecule has 1 aromatic carbocycles. The van der Waals surface area contributed by atoms with Crippen LogP contribution in [0.1, 0.15) is 12.8 Å². The van der Waals surface area contributed by atoms with E-state index in [1.807, 2.05) is 6.07 Å². The first-order valence-electron chi connectivity index (χ1n) is 6.11. The maximum Gasteiger partial charge on any atom is 0.258 e. The summed E-state index contributed by atoms with van der Waals surface area (Å²) in [5, 5.41) is 3.26. The van der Waals surface area contributed by atoms with Crippen LogP contribution in [0.25, 0.3) is 0 Å². The number of carbonyl (C=O) groups is 1. The van der Waals surface area contributed by atoms with Crippen molar-refractivity contribution in [2.24, 2.45) is 0 Å². The predicted molar refractivity (Wildman–Crippen MR) is 76.6 cm³/mol. The largest absolute Gasteiger partial charge is 0.482 e. The van der Waals surface area contributed by atoms with Crippen LogP contribution in [0.2, 0.25) is 5.02 Å². The molecule has 1 heterocycles. The van der Waals surface area contributed by atoms with Gasteiger partial charge in [0.1, 0.15) is 5.75 Å². The van der Waals surface area contributed by atoms with Gasteiger partial charge in [-0.25, -0.2) is 0 Å². The first-order valence-corrected chi connectivity index (χ1v) is 7.28. The average molecular weight is 349 g/mol. The minimum atomic E-state index is -0.172. The van der Waals surface area contributed by atoms with Crippen LogP contribution in [0.4, 0.5) is 0 Å². The van der Waals surface area contributed by atoms with Gasteiger partial charge < -0.3 is 14.8 Å². The highest BCUT2D eigenvalue weighted by Gasteiger charge is 2.16. The van der Waals surface area contributed by atoms with Crippen LogP contribution in [0, 0.1) is 0 Å². The summed E-state index contributed by atoms with van der Waals surface area (Å²) in [7, 11) is 0. The molecule has 1 aliphatic rings. The van der Waals surface area contributed by atoms with Crippen molar-refractivity contribution in [3.63, 3.8) is 0 Å². The predicted octanol–water partition coefficient (Wildman–Crippen LogP) is 2.78. The normalized spacial score (nSPS) is 18.3. The third-order valence-corrected chi connectivity index (χ3v) is 3.59. The highest BCUT2D eigenvalue weighted by atomic mass is 79.9. The van der Waals surface area contributed by atoms with E-state index in [9.17, 15) is 4.79 Å². The van der Waals surface area contributed by atoms with Crippen LogP contribution in [-0.4, -0.2) is 31.8 Å². The van der Waals surface area contributed by atoms with Gasteiger partial charge in [0.05, 0.1) is 11.1 Å². The van der Waals surface area contributed by atoms with Crippen molar-refractivity contribution in [1.82, 2.24) is 5.32 Å². The van der Waals surface area contributed by atoms with Crippen molar-refractivity contribution >= 4 is 33.4 Å². The molecule has 1 aromatic rings. The van der Waals surface area contributed by atoms with Crippen LogP contribution in [0.5, 0.6) is 5.75 Å². The molecule has 0 saturated carbocycles. The zero-order valence-electron chi connectivity index (χ0n) is 10.3. The minimum Gasteiger partial charge on any atom is -0.482 e. The average Bonchev–Trinajstić information content (AvgIpc) is 2.88. The molecule has 0 bridgehead atoms. The molecular weight excluding hydrogens is 334 g/mol. The summed E-state index contributed by atoms with van der Waals surface area (Å²) in [5.41, 5.74) is 0. The monoisotopic (exact) mass is 347 g/mol. The lowest BCUT2D eigenvalue weighted by Gasteiger charge is -2.12. The van der Waals surface area contributed by atoms with Crippen LogP contribution in [0.3, 0.4) is 0 Å². The highest BCUT2D eigenvalue weighted by molar-refractivity contribution is 9.10. The molecule has 0 radical (unpaired) electrons. The molecule has 4 nitrogen and oxygen atoms in total. The zero-order chi connectivity index (χ0) is 13.7. The zero-order valence-corrected chi connectivity index (χ0v) is 12.7. The topological polar surface area (TPSA) is 47.6 Å². The Bertz CT molecular complexity index is 450. The molecule has 6 heteroatoms. The Morgan fingerprint density at radius 2 is 2.42 bits per heavy atom. The lowest BCUT2D eigenvalue weighted by molar-refractivity contribution is -0.123. The summed E-state index contributed by atoms with van der Waals surface area (Å²) in [6.07, 6.45) is 2.20. The quantitative estimate of drug-likeness (QED) is 0.890. The van der Waals surface area contributed by atoms with E-state index in [-0.39, 0.29) is 18.6 Å². The molecular formula is C13H15BrClNO3. The number of benzene rings is 1. The number of ether oxygens (including phenoxy) is 2. The second-order valence-corrected chi connectivity index (χ2v) is 5.63. The Balaban J connectivity index is 1.73. The van der Waals surface area contributed by atoms with E-state index in [0.29, 0.717) is 17.3 Å². The first-order chi connectivity index (χ1) is 9.15. The van der Waals surface area contributed by atoms with Gasteiger partial charge in [0.25, 0.3) is 5.91 Å². The fraction of sp³-hybridized carbons (Fsp3) is 0.462. The van der Waals surface area contributed by atoms with Gasteiger partial charge in [0, 0.05) is 17.6 Å². The third-order valence-electron chi connectivity index (χ3n) is 2.80. The summed E-state index contributed by atoms with van der Waals surface area (Å²) in [6.45, 7) is 1.27. The van der Waals surface area contributed by atoms with Crippen molar-refractivity contribution in [3.8, 4) is 5.75 Å². The summed E-state index contributed by atoms with van der Waals surface area (Å²) in [4.78, 5) is 11.6. The number of hydrogen-bond acceptors (Lipinski definition) is 3. The molecule has 0 unspecified atom stereocenters. The Kier molecular flexibility index (Phi) is 5.48. The SMILES string of the molecule is O=C(COc1ccc(Br)cc1Cl)NC[C@H]1CCCO1. The molecule has 1 fully saturated rings. The van der Waals surface area contributed by atoms with E-state index in [0.717, 1.165) is 23.9 Å². The molecule has 0 aliphatic carbocycles. The van der Waals surface area contributed by atoms with E-state index in [2.05, 4.69) is 21.2 Å². The van der Waals surface area contributed by atoms with Crippen LogP contribution in [-0.2, 0) is 9.53 Å². The Morgan fingerprint density at radius 1 is 1.58 bits per heavy atom. The first kappa shape index (κ1) is 14.6. The third kappa shape index (κ3) is 4.67. The number of halogens is 2. The van der Waals surface area contributed by atoms with Crippen molar-refractivity contribution in [3.05, 3.63) is 27.7 Å². The van der Waals surface area contributed by atoms with Gasteiger partial charge in [-0.1, -0.05) is 27.5 Å². The molecule has 1 N–H and O–H groups in total. The summed E-state index contributed by atoms with van der Waals surface area (Å²) < 4.78 is 11.6. The van der Waals surface area contributed by atoms with Gasteiger partial charge in [-0.2, -0.15) is 0 Å². The van der Waals surface area contributed by atoms with E-state index in [1.54, 1.807) is 12.1 Å². The van der Waals surface area contributed by atoms with Gasteiger partial charge in [-0.05, 0) is 31.0 Å². The van der Waals surface area contributed by atoms with Gasteiger partial charge in [0.2, 0.25) is 0 Å². The van der Waals surface area contributed by atoms with Crippen LogP contribution < -0.4 is 10.1 Å². The number of carbonyl (C=O) groups excluding carboxylic acids is 1. The van der Waals surface area contributed by atoms with Crippen molar-refractivity contribution in [2.75, 3.05) is 19.8 Å². The van der Waals surface area contributed by atoms with Crippen molar-refractivity contribution < 1.29 is 14.3 Å². The van der Waals surface area contributed by atoms with Gasteiger partial charge >= 0.3 is 0 Å². The number of nitrogens with one attached hydrogen (secondary N) is 1.